The SMILES string of the molecule is Cc1cccc(C2CCC2=O)c1C. The van der Waals surface area contributed by atoms with E-state index in [1.54, 1.807) is 0 Å². The molecule has 0 amide bonds. The zero-order chi connectivity index (χ0) is 9.42. The summed E-state index contributed by atoms with van der Waals surface area (Å²) in [5, 5.41) is 0. The van der Waals surface area contributed by atoms with Crippen molar-refractivity contribution in [2.24, 2.45) is 0 Å². The highest BCUT2D eigenvalue weighted by Crippen LogP contribution is 2.35. The molecule has 0 radical (unpaired) electrons. The molecule has 1 fully saturated rings. The van der Waals surface area contributed by atoms with Crippen LogP contribution in [-0.4, -0.2) is 5.78 Å². The molecule has 0 spiro atoms. The van der Waals surface area contributed by atoms with E-state index in [1.807, 2.05) is 6.07 Å². The maximum absolute atomic E-state index is 11.3. The molecule has 1 aliphatic carbocycles. The van der Waals surface area contributed by atoms with Crippen molar-refractivity contribution in [2.45, 2.75) is 32.6 Å². The van der Waals surface area contributed by atoms with Gasteiger partial charge in [0.15, 0.2) is 0 Å². The second-order valence-corrected chi connectivity index (χ2v) is 3.85. The molecular weight excluding hydrogens is 160 g/mol. The summed E-state index contributed by atoms with van der Waals surface area (Å²) in [5.41, 5.74) is 3.83. The molecule has 1 aromatic carbocycles. The molecule has 0 bridgehead atoms. The molecule has 1 nitrogen and oxygen atoms in total. The van der Waals surface area contributed by atoms with Crippen molar-refractivity contribution in [1.29, 1.82) is 0 Å². The van der Waals surface area contributed by atoms with Gasteiger partial charge in [-0.25, -0.2) is 0 Å². The molecule has 1 aliphatic rings. The zero-order valence-corrected chi connectivity index (χ0v) is 8.13. The lowest BCUT2D eigenvalue weighted by atomic mass is 9.76. The lowest BCUT2D eigenvalue weighted by Gasteiger charge is -2.26. The van der Waals surface area contributed by atoms with Crippen LogP contribution in [0.5, 0.6) is 0 Å². The lowest BCUT2D eigenvalue weighted by molar-refractivity contribution is -0.125. The maximum atomic E-state index is 11.3. The van der Waals surface area contributed by atoms with Crippen LogP contribution in [0.4, 0.5) is 0 Å². The maximum Gasteiger partial charge on any atom is 0.140 e. The summed E-state index contributed by atoms with van der Waals surface area (Å²) in [6.45, 7) is 4.21. The quantitative estimate of drug-likeness (QED) is 0.639. The van der Waals surface area contributed by atoms with Crippen molar-refractivity contribution >= 4 is 5.78 Å². The summed E-state index contributed by atoms with van der Waals surface area (Å²) in [7, 11) is 0. The Bertz CT molecular complexity index is 352. The Morgan fingerprint density at radius 3 is 2.62 bits per heavy atom. The Hall–Kier alpha value is -1.11. The van der Waals surface area contributed by atoms with Gasteiger partial charge in [-0.1, -0.05) is 18.2 Å². The van der Waals surface area contributed by atoms with Gasteiger partial charge in [-0.2, -0.15) is 0 Å². The largest absolute Gasteiger partial charge is 0.299 e. The average molecular weight is 174 g/mol. The normalized spacial score (nSPS) is 21.4. The van der Waals surface area contributed by atoms with Crippen molar-refractivity contribution in [2.75, 3.05) is 0 Å². The number of aryl methyl sites for hydroxylation is 1. The number of benzene rings is 1. The number of hydrogen-bond donors (Lipinski definition) is 0. The van der Waals surface area contributed by atoms with Crippen LogP contribution in [-0.2, 0) is 4.79 Å². The van der Waals surface area contributed by atoms with Gasteiger partial charge in [0.05, 0.1) is 0 Å². The second-order valence-electron chi connectivity index (χ2n) is 3.85. The molecule has 13 heavy (non-hydrogen) atoms. The first-order valence-electron chi connectivity index (χ1n) is 4.79. The third-order valence-corrected chi connectivity index (χ3v) is 3.09. The average Bonchev–Trinajstić information content (AvgIpc) is 2.10. The topological polar surface area (TPSA) is 17.1 Å². The third kappa shape index (κ3) is 1.28. The Kier molecular flexibility index (Phi) is 1.95. The summed E-state index contributed by atoms with van der Waals surface area (Å²) in [6.07, 6.45) is 1.82. The molecule has 0 aliphatic heterocycles. The van der Waals surface area contributed by atoms with Gasteiger partial charge in [-0.05, 0) is 37.0 Å². The van der Waals surface area contributed by atoms with E-state index < -0.39 is 0 Å². The third-order valence-electron chi connectivity index (χ3n) is 3.09. The standard InChI is InChI=1S/C12H14O/c1-8-4-3-5-10(9(8)2)11-6-7-12(11)13/h3-5,11H,6-7H2,1-2H3. The minimum absolute atomic E-state index is 0.208. The monoisotopic (exact) mass is 174 g/mol. The highest BCUT2D eigenvalue weighted by Gasteiger charge is 2.30. The van der Waals surface area contributed by atoms with Gasteiger partial charge < -0.3 is 0 Å². The minimum atomic E-state index is 0.208. The van der Waals surface area contributed by atoms with E-state index in [4.69, 9.17) is 0 Å². The lowest BCUT2D eigenvalue weighted by Crippen LogP contribution is -2.24. The van der Waals surface area contributed by atoms with E-state index in [9.17, 15) is 4.79 Å². The Balaban J connectivity index is 2.40. The fraction of sp³-hybridized carbons (Fsp3) is 0.417. The Morgan fingerprint density at radius 1 is 1.31 bits per heavy atom. The molecule has 0 aromatic heterocycles. The van der Waals surface area contributed by atoms with Gasteiger partial charge >= 0.3 is 0 Å². The number of ketones is 1. The van der Waals surface area contributed by atoms with Gasteiger partial charge in [0, 0.05) is 12.3 Å². The van der Waals surface area contributed by atoms with Crippen molar-refractivity contribution < 1.29 is 4.79 Å². The van der Waals surface area contributed by atoms with Gasteiger partial charge in [0.25, 0.3) is 0 Å². The minimum Gasteiger partial charge on any atom is -0.299 e. The van der Waals surface area contributed by atoms with Crippen LogP contribution in [0.3, 0.4) is 0 Å². The van der Waals surface area contributed by atoms with Gasteiger partial charge in [-0.15, -0.1) is 0 Å². The fourth-order valence-electron chi connectivity index (χ4n) is 1.89. The molecule has 2 rings (SSSR count). The molecule has 1 unspecified atom stereocenters. The number of rotatable bonds is 1. The van der Waals surface area contributed by atoms with Crippen LogP contribution < -0.4 is 0 Å². The molecule has 1 heteroatoms. The molecule has 1 aromatic rings. The summed E-state index contributed by atoms with van der Waals surface area (Å²) in [6, 6.07) is 6.23. The van der Waals surface area contributed by atoms with E-state index >= 15 is 0 Å². The molecule has 0 saturated heterocycles. The number of Topliss-reactive ketones (excluding diaryl/α,β-unsaturated/α-hetero) is 1. The van der Waals surface area contributed by atoms with Crippen molar-refractivity contribution in [3.8, 4) is 0 Å². The summed E-state index contributed by atoms with van der Waals surface area (Å²) >= 11 is 0. The van der Waals surface area contributed by atoms with Gasteiger partial charge in [0.1, 0.15) is 5.78 Å². The molecular formula is C12H14O. The van der Waals surface area contributed by atoms with E-state index in [0.29, 0.717) is 5.78 Å². The molecule has 0 heterocycles. The van der Waals surface area contributed by atoms with Crippen LogP contribution in [0, 0.1) is 13.8 Å². The van der Waals surface area contributed by atoms with Crippen molar-refractivity contribution in [3.63, 3.8) is 0 Å². The number of carbonyl (C=O) groups excluding carboxylic acids is 1. The van der Waals surface area contributed by atoms with Crippen molar-refractivity contribution in [3.05, 3.63) is 34.9 Å². The van der Waals surface area contributed by atoms with E-state index in [0.717, 1.165) is 12.8 Å². The number of carbonyl (C=O) groups is 1. The highest BCUT2D eigenvalue weighted by atomic mass is 16.1. The summed E-state index contributed by atoms with van der Waals surface area (Å²) < 4.78 is 0. The number of hydrogen-bond acceptors (Lipinski definition) is 1. The first-order chi connectivity index (χ1) is 6.20. The Labute approximate surface area is 78.8 Å². The summed E-state index contributed by atoms with van der Waals surface area (Å²) in [4.78, 5) is 11.3. The van der Waals surface area contributed by atoms with Crippen LogP contribution in [0.2, 0.25) is 0 Å². The zero-order valence-electron chi connectivity index (χ0n) is 8.13. The van der Waals surface area contributed by atoms with Crippen molar-refractivity contribution in [1.82, 2.24) is 0 Å². The predicted molar refractivity (Wildman–Crippen MR) is 52.9 cm³/mol. The van der Waals surface area contributed by atoms with Crippen LogP contribution in [0.1, 0.15) is 35.4 Å². The first-order valence-corrected chi connectivity index (χ1v) is 4.79. The van der Waals surface area contributed by atoms with E-state index in [1.165, 1.54) is 16.7 Å². The smallest absolute Gasteiger partial charge is 0.140 e. The predicted octanol–water partition coefficient (Wildman–Crippen LogP) is 2.75. The first kappa shape index (κ1) is 8.49. The fourth-order valence-corrected chi connectivity index (χ4v) is 1.89. The van der Waals surface area contributed by atoms with Gasteiger partial charge in [-0.3, -0.25) is 4.79 Å². The molecule has 1 saturated carbocycles. The van der Waals surface area contributed by atoms with E-state index in [-0.39, 0.29) is 5.92 Å². The molecule has 68 valence electrons. The molecule has 1 atom stereocenters. The molecule has 0 N–H and O–H groups in total. The summed E-state index contributed by atoms with van der Waals surface area (Å²) in [5.74, 6) is 0.619. The highest BCUT2D eigenvalue weighted by molar-refractivity contribution is 5.91. The second kappa shape index (κ2) is 2.99. The van der Waals surface area contributed by atoms with Gasteiger partial charge in [0.2, 0.25) is 0 Å². The van der Waals surface area contributed by atoms with Crippen LogP contribution in [0.25, 0.3) is 0 Å². The Morgan fingerprint density at radius 2 is 2.08 bits per heavy atom. The van der Waals surface area contributed by atoms with E-state index in [2.05, 4.69) is 26.0 Å². The van der Waals surface area contributed by atoms with Crippen LogP contribution in [0.15, 0.2) is 18.2 Å². The van der Waals surface area contributed by atoms with Crippen LogP contribution >= 0.6 is 0 Å².